The van der Waals surface area contributed by atoms with E-state index in [0.29, 0.717) is 5.75 Å². The largest absolute Gasteiger partial charge is 0.481 e. The summed E-state index contributed by atoms with van der Waals surface area (Å²) in [7, 11) is 0. The molecule has 0 bridgehead atoms. The molecular weight excluding hydrogens is 301 g/mol. The van der Waals surface area contributed by atoms with Crippen LogP contribution in [0, 0.1) is 0 Å². The molecule has 0 heterocycles. The van der Waals surface area contributed by atoms with Crippen LogP contribution in [0.2, 0.25) is 0 Å². The summed E-state index contributed by atoms with van der Waals surface area (Å²) in [4.78, 5) is 9.55. The molecule has 0 unspecified atom stereocenters. The third-order valence-electron chi connectivity index (χ3n) is 0.326. The number of hydrogen-bond acceptors (Lipinski definition) is 2. The Balaban J connectivity index is 0. The van der Waals surface area contributed by atoms with Gasteiger partial charge >= 0.3 is 5.97 Å². The van der Waals surface area contributed by atoms with Crippen LogP contribution in [0.5, 0.6) is 0 Å². The van der Waals surface area contributed by atoms with Crippen LogP contribution in [-0.4, -0.2) is 16.8 Å². The van der Waals surface area contributed by atoms with Gasteiger partial charge < -0.3 is 5.11 Å². The fourth-order valence-electron chi connectivity index (χ4n) is 0.0956. The van der Waals surface area contributed by atoms with Gasteiger partial charge in [-0.2, -0.15) is 12.6 Å². The van der Waals surface area contributed by atoms with Crippen molar-refractivity contribution in [3.8, 4) is 0 Å². The third kappa shape index (κ3) is 10.8. The van der Waals surface area contributed by atoms with Gasteiger partial charge in [0.15, 0.2) is 0 Å². The maximum atomic E-state index is 9.55. The Labute approximate surface area is 68.2 Å². The van der Waals surface area contributed by atoms with Crippen LogP contribution < -0.4 is 0 Å². The third-order valence-corrected chi connectivity index (χ3v) is 0.549. The second-order valence-electron chi connectivity index (χ2n) is 0.867. The Morgan fingerprint density at radius 1 is 1.71 bits per heavy atom. The van der Waals surface area contributed by atoms with E-state index in [1.54, 1.807) is 0 Å². The number of carboxylic acids is 1. The fraction of sp³-hybridized carbons (Fsp3) is 0.667. The normalized spacial score (nSPS) is 7.00. The van der Waals surface area contributed by atoms with Crippen LogP contribution in [0.15, 0.2) is 0 Å². The van der Waals surface area contributed by atoms with Crippen molar-refractivity contribution in [1.82, 2.24) is 0 Å². The van der Waals surface area contributed by atoms with Gasteiger partial charge in [-0.05, 0) is 0 Å². The van der Waals surface area contributed by atoms with E-state index in [1.807, 2.05) is 0 Å². The number of hydrogen-bond donors (Lipinski definition) is 2. The number of rotatable bonds is 2. The topological polar surface area (TPSA) is 37.3 Å². The van der Waals surface area contributed by atoms with Crippen LogP contribution in [0.4, 0.5) is 0 Å². The Morgan fingerprint density at radius 3 is 2.14 bits per heavy atom. The minimum atomic E-state index is -0.787. The monoisotopic (exact) mass is 308 g/mol. The van der Waals surface area contributed by atoms with Crippen molar-refractivity contribution in [1.29, 1.82) is 0 Å². The van der Waals surface area contributed by atoms with Crippen molar-refractivity contribution in [2.45, 2.75) is 6.42 Å². The molecule has 0 rings (SSSR count). The SMILES string of the molecule is O=C(O)CCS.[Hg]. The number of thiol groups is 1. The van der Waals surface area contributed by atoms with E-state index in [9.17, 15) is 4.79 Å². The molecule has 2 nitrogen and oxygen atoms in total. The maximum absolute atomic E-state index is 9.55. The van der Waals surface area contributed by atoms with E-state index < -0.39 is 5.97 Å². The van der Waals surface area contributed by atoms with Crippen molar-refractivity contribution in [2.24, 2.45) is 0 Å². The molecule has 0 aromatic heterocycles. The van der Waals surface area contributed by atoms with Crippen LogP contribution >= 0.6 is 12.6 Å². The minimum Gasteiger partial charge on any atom is -0.481 e. The Bertz CT molecular complexity index is 56.9. The number of aliphatic carboxylic acids is 1. The molecule has 0 aromatic carbocycles. The summed E-state index contributed by atoms with van der Waals surface area (Å²) in [6.07, 6.45) is 0.156. The van der Waals surface area contributed by atoms with Crippen LogP contribution in [0.25, 0.3) is 0 Å². The van der Waals surface area contributed by atoms with E-state index in [1.165, 1.54) is 0 Å². The summed E-state index contributed by atoms with van der Waals surface area (Å²) in [6.45, 7) is 0. The molecule has 0 saturated carbocycles. The second-order valence-corrected chi connectivity index (χ2v) is 1.31. The maximum Gasteiger partial charge on any atom is 0.304 e. The van der Waals surface area contributed by atoms with Gasteiger partial charge in [-0.15, -0.1) is 0 Å². The molecule has 38 valence electrons. The number of carboxylic acid groups (broad SMARTS) is 1. The van der Waals surface area contributed by atoms with E-state index in [2.05, 4.69) is 12.6 Å². The number of carbonyl (C=O) groups is 1. The summed E-state index contributed by atoms with van der Waals surface area (Å²) in [5.74, 6) is -0.361. The Kier molecular flexibility index (Phi) is 10.3. The Hall–Kier alpha value is 0.755. The molecule has 7 heavy (non-hydrogen) atoms. The molecule has 1 N–H and O–H groups in total. The predicted octanol–water partition coefficient (Wildman–Crippen LogP) is 0.388. The molecule has 0 fully saturated rings. The molecule has 0 aromatic rings. The molecule has 0 aliphatic heterocycles. The predicted molar refractivity (Wildman–Crippen MR) is 26.1 cm³/mol. The van der Waals surface area contributed by atoms with Gasteiger partial charge in [0.2, 0.25) is 0 Å². The van der Waals surface area contributed by atoms with Gasteiger partial charge in [0.05, 0.1) is 6.42 Å². The van der Waals surface area contributed by atoms with Gasteiger partial charge in [0, 0.05) is 33.4 Å². The molecular formula is C3H6HgO2S. The smallest absolute Gasteiger partial charge is 0.304 e. The molecule has 0 aliphatic carbocycles. The molecule has 0 saturated heterocycles. The van der Waals surface area contributed by atoms with Gasteiger partial charge in [-0.1, -0.05) is 0 Å². The molecule has 4 heteroatoms. The summed E-state index contributed by atoms with van der Waals surface area (Å²) < 4.78 is 0. The first-order valence-electron chi connectivity index (χ1n) is 1.60. The van der Waals surface area contributed by atoms with Gasteiger partial charge in [0.25, 0.3) is 0 Å². The fourth-order valence-corrected chi connectivity index (χ4v) is 0.287. The molecule has 0 spiro atoms. The summed E-state index contributed by atoms with van der Waals surface area (Å²) >= 11 is 3.68. The van der Waals surface area contributed by atoms with Gasteiger partial charge in [-0.3, -0.25) is 4.79 Å². The van der Waals surface area contributed by atoms with E-state index in [0.717, 1.165) is 0 Å². The zero-order chi connectivity index (χ0) is 4.99. The molecule has 0 atom stereocenters. The second kappa shape index (κ2) is 6.76. The molecule has 0 aliphatic rings. The van der Waals surface area contributed by atoms with Gasteiger partial charge in [-0.25, -0.2) is 0 Å². The first-order valence-corrected chi connectivity index (χ1v) is 2.23. The molecule has 0 radical (unpaired) electrons. The van der Waals surface area contributed by atoms with E-state index in [-0.39, 0.29) is 34.1 Å². The van der Waals surface area contributed by atoms with Crippen molar-refractivity contribution >= 4 is 18.6 Å². The minimum absolute atomic E-state index is 0. The van der Waals surface area contributed by atoms with Crippen molar-refractivity contribution in [2.75, 3.05) is 5.75 Å². The van der Waals surface area contributed by atoms with Crippen molar-refractivity contribution < 1.29 is 37.6 Å². The Morgan fingerprint density at radius 2 is 2.14 bits per heavy atom. The van der Waals surface area contributed by atoms with E-state index in [4.69, 9.17) is 5.11 Å². The molecule has 0 amide bonds. The zero-order valence-electron chi connectivity index (χ0n) is 3.92. The van der Waals surface area contributed by atoms with Crippen molar-refractivity contribution in [3.05, 3.63) is 0 Å². The van der Waals surface area contributed by atoms with Gasteiger partial charge in [0.1, 0.15) is 0 Å². The first kappa shape index (κ1) is 10.7. The standard InChI is InChI=1S/C3H6O2S.Hg/c4-3(5)1-2-6;/h6H,1-2H2,(H,4,5);. The quantitative estimate of drug-likeness (QED) is 0.572. The first-order chi connectivity index (χ1) is 2.77. The average molecular weight is 307 g/mol. The van der Waals surface area contributed by atoms with Crippen LogP contribution in [0.1, 0.15) is 6.42 Å². The van der Waals surface area contributed by atoms with Crippen molar-refractivity contribution in [3.63, 3.8) is 0 Å². The summed E-state index contributed by atoms with van der Waals surface area (Å²) in [5.41, 5.74) is 0. The summed E-state index contributed by atoms with van der Waals surface area (Å²) in [5, 5.41) is 7.86. The zero-order valence-corrected chi connectivity index (χ0v) is 10.3. The summed E-state index contributed by atoms with van der Waals surface area (Å²) in [6, 6.07) is 0. The van der Waals surface area contributed by atoms with Crippen LogP contribution in [0.3, 0.4) is 0 Å². The van der Waals surface area contributed by atoms with Crippen LogP contribution in [-0.2, 0) is 32.5 Å². The van der Waals surface area contributed by atoms with E-state index >= 15 is 0 Å². The average Bonchev–Trinajstić information content (AvgIpc) is 1.35.